The lowest BCUT2D eigenvalue weighted by Gasteiger charge is -2.09. The normalized spacial score (nSPS) is 12.4. The maximum atomic E-state index is 10.5. The summed E-state index contributed by atoms with van der Waals surface area (Å²) in [4.78, 5) is 14.4. The van der Waals surface area contributed by atoms with Gasteiger partial charge in [-0.3, -0.25) is 0 Å². The van der Waals surface area contributed by atoms with E-state index in [9.17, 15) is 4.79 Å². The van der Waals surface area contributed by atoms with E-state index in [0.717, 1.165) is 0 Å². The predicted molar refractivity (Wildman–Crippen MR) is 51.0 cm³/mol. The number of aromatic nitrogens is 1. The van der Waals surface area contributed by atoms with Crippen LogP contribution in [0.1, 0.15) is 0 Å². The zero-order valence-corrected chi connectivity index (χ0v) is 7.81. The van der Waals surface area contributed by atoms with Crippen LogP contribution in [0.3, 0.4) is 0 Å². The molecule has 1 atom stereocenters. The van der Waals surface area contributed by atoms with E-state index in [-0.39, 0.29) is 5.75 Å². The summed E-state index contributed by atoms with van der Waals surface area (Å²) in [7, 11) is 0. The summed E-state index contributed by atoms with van der Waals surface area (Å²) in [6, 6.07) is -0.667. The lowest BCUT2D eigenvalue weighted by molar-refractivity contribution is -0.137. The van der Waals surface area contributed by atoms with Gasteiger partial charge in [-0.15, -0.1) is 11.3 Å². The molecule has 66 valence electrons. The van der Waals surface area contributed by atoms with Gasteiger partial charge in [-0.1, -0.05) is 0 Å². The Morgan fingerprint density at radius 2 is 2.67 bits per heavy atom. The smallest absolute Gasteiger partial charge is 0.327 e. The van der Waals surface area contributed by atoms with Crippen LogP contribution >= 0.6 is 24.0 Å². The summed E-state index contributed by atoms with van der Waals surface area (Å²) in [5, 5.41) is 13.8. The fourth-order valence-corrected chi connectivity index (χ4v) is 1.46. The molecule has 1 aromatic rings. The molecular weight excluding hydrogens is 196 g/mol. The zero-order chi connectivity index (χ0) is 8.97. The molecule has 0 saturated carbocycles. The number of anilines is 1. The molecule has 1 aromatic heterocycles. The monoisotopic (exact) mass is 204 g/mol. The van der Waals surface area contributed by atoms with Crippen LogP contribution in [0.25, 0.3) is 0 Å². The second-order valence-corrected chi connectivity index (χ2v) is 3.31. The van der Waals surface area contributed by atoms with Gasteiger partial charge in [0.25, 0.3) is 0 Å². The first-order valence-corrected chi connectivity index (χ1v) is 4.75. The minimum absolute atomic E-state index is 0.245. The van der Waals surface area contributed by atoms with Gasteiger partial charge in [-0.2, -0.15) is 12.6 Å². The first-order valence-electron chi connectivity index (χ1n) is 3.23. The van der Waals surface area contributed by atoms with Gasteiger partial charge in [-0.25, -0.2) is 9.78 Å². The van der Waals surface area contributed by atoms with Crippen molar-refractivity contribution in [1.29, 1.82) is 0 Å². The van der Waals surface area contributed by atoms with E-state index in [4.69, 9.17) is 5.11 Å². The molecule has 0 saturated heterocycles. The molecule has 0 aliphatic heterocycles. The lowest BCUT2D eigenvalue weighted by atomic mass is 10.3. The van der Waals surface area contributed by atoms with Crippen molar-refractivity contribution < 1.29 is 9.90 Å². The SMILES string of the molecule is O=C(O)C(CS)Nc1nccs1. The van der Waals surface area contributed by atoms with Gasteiger partial charge in [0.05, 0.1) is 0 Å². The van der Waals surface area contributed by atoms with Crippen LogP contribution in [0.4, 0.5) is 5.13 Å². The fraction of sp³-hybridized carbons (Fsp3) is 0.333. The Kier molecular flexibility index (Phi) is 3.36. The topological polar surface area (TPSA) is 62.2 Å². The van der Waals surface area contributed by atoms with E-state index >= 15 is 0 Å². The van der Waals surface area contributed by atoms with Crippen LogP contribution in [0.15, 0.2) is 11.6 Å². The van der Waals surface area contributed by atoms with Gasteiger partial charge >= 0.3 is 5.97 Å². The van der Waals surface area contributed by atoms with E-state index in [2.05, 4.69) is 22.9 Å². The summed E-state index contributed by atoms with van der Waals surface area (Å²) < 4.78 is 0. The number of nitrogens with one attached hydrogen (secondary N) is 1. The molecular formula is C6H8N2O2S2. The fourth-order valence-electron chi connectivity index (χ4n) is 0.629. The number of thiol groups is 1. The Balaban J connectivity index is 2.54. The van der Waals surface area contributed by atoms with Crippen molar-refractivity contribution in [3.8, 4) is 0 Å². The average Bonchev–Trinajstić information content (AvgIpc) is 2.51. The third kappa shape index (κ3) is 2.38. The minimum atomic E-state index is -0.916. The number of aliphatic carboxylic acids is 1. The number of thiazole rings is 1. The molecule has 0 amide bonds. The van der Waals surface area contributed by atoms with Crippen molar-refractivity contribution in [1.82, 2.24) is 4.98 Å². The second-order valence-electron chi connectivity index (χ2n) is 2.05. The molecule has 0 aromatic carbocycles. The van der Waals surface area contributed by atoms with Gasteiger partial charge in [0, 0.05) is 17.3 Å². The Morgan fingerprint density at radius 1 is 1.92 bits per heavy atom. The molecule has 0 fully saturated rings. The van der Waals surface area contributed by atoms with E-state index < -0.39 is 12.0 Å². The molecule has 1 heterocycles. The Labute approximate surface area is 79.0 Å². The van der Waals surface area contributed by atoms with Gasteiger partial charge in [0.2, 0.25) is 0 Å². The van der Waals surface area contributed by atoms with E-state index in [1.165, 1.54) is 11.3 Å². The van der Waals surface area contributed by atoms with Crippen LogP contribution in [0.5, 0.6) is 0 Å². The van der Waals surface area contributed by atoms with Crippen molar-refractivity contribution in [3.63, 3.8) is 0 Å². The highest BCUT2D eigenvalue weighted by atomic mass is 32.1. The molecule has 0 spiro atoms. The summed E-state index contributed by atoms with van der Waals surface area (Å²) >= 11 is 5.26. The molecule has 0 aliphatic carbocycles. The summed E-state index contributed by atoms with van der Waals surface area (Å²) in [5.41, 5.74) is 0. The van der Waals surface area contributed by atoms with Crippen LogP contribution in [-0.2, 0) is 4.79 Å². The predicted octanol–water partition coefficient (Wildman–Crippen LogP) is 0.938. The standard InChI is InChI=1S/C6H8N2O2S2/c9-5(10)4(3-11)8-6-7-1-2-12-6/h1-2,4,11H,3H2,(H,7,8)(H,9,10). The molecule has 12 heavy (non-hydrogen) atoms. The van der Waals surface area contributed by atoms with Gasteiger partial charge in [-0.05, 0) is 0 Å². The molecule has 1 unspecified atom stereocenters. The van der Waals surface area contributed by atoms with Crippen molar-refractivity contribution in [2.75, 3.05) is 11.1 Å². The Hall–Kier alpha value is -0.750. The minimum Gasteiger partial charge on any atom is -0.480 e. The van der Waals surface area contributed by atoms with Crippen molar-refractivity contribution in [2.24, 2.45) is 0 Å². The van der Waals surface area contributed by atoms with Crippen LogP contribution in [-0.4, -0.2) is 27.9 Å². The number of carbonyl (C=O) groups is 1. The maximum Gasteiger partial charge on any atom is 0.327 e. The quantitative estimate of drug-likeness (QED) is 0.639. The number of rotatable bonds is 4. The summed E-state index contributed by atoms with van der Waals surface area (Å²) in [6.45, 7) is 0. The third-order valence-electron chi connectivity index (χ3n) is 1.21. The van der Waals surface area contributed by atoms with Crippen LogP contribution < -0.4 is 5.32 Å². The van der Waals surface area contributed by atoms with Gasteiger partial charge in [0.1, 0.15) is 6.04 Å². The van der Waals surface area contributed by atoms with Crippen LogP contribution in [0.2, 0.25) is 0 Å². The number of carboxylic acid groups (broad SMARTS) is 1. The largest absolute Gasteiger partial charge is 0.480 e. The van der Waals surface area contributed by atoms with Gasteiger partial charge in [0.15, 0.2) is 5.13 Å². The maximum absolute atomic E-state index is 10.5. The van der Waals surface area contributed by atoms with Crippen LogP contribution in [0, 0.1) is 0 Å². The molecule has 2 N–H and O–H groups in total. The average molecular weight is 204 g/mol. The van der Waals surface area contributed by atoms with Crippen molar-refractivity contribution >= 4 is 35.1 Å². The Morgan fingerprint density at radius 3 is 3.08 bits per heavy atom. The first-order chi connectivity index (χ1) is 5.74. The highest BCUT2D eigenvalue weighted by molar-refractivity contribution is 7.80. The third-order valence-corrected chi connectivity index (χ3v) is 2.28. The molecule has 0 aliphatic rings. The molecule has 1 rings (SSSR count). The number of hydrogen-bond acceptors (Lipinski definition) is 5. The number of nitrogens with zero attached hydrogens (tertiary/aromatic N) is 1. The highest BCUT2D eigenvalue weighted by Crippen LogP contribution is 2.12. The first kappa shape index (κ1) is 9.34. The number of hydrogen-bond donors (Lipinski definition) is 3. The zero-order valence-electron chi connectivity index (χ0n) is 6.10. The van der Waals surface area contributed by atoms with Crippen molar-refractivity contribution in [3.05, 3.63) is 11.6 Å². The summed E-state index contributed by atoms with van der Waals surface area (Å²) in [6.07, 6.45) is 1.62. The molecule has 0 bridgehead atoms. The van der Waals surface area contributed by atoms with E-state index in [0.29, 0.717) is 5.13 Å². The van der Waals surface area contributed by atoms with E-state index in [1.54, 1.807) is 11.6 Å². The van der Waals surface area contributed by atoms with E-state index in [1.807, 2.05) is 0 Å². The molecule has 0 radical (unpaired) electrons. The highest BCUT2D eigenvalue weighted by Gasteiger charge is 2.15. The summed E-state index contributed by atoms with van der Waals surface area (Å²) in [5.74, 6) is -0.672. The molecule has 4 nitrogen and oxygen atoms in total. The van der Waals surface area contributed by atoms with Gasteiger partial charge < -0.3 is 10.4 Å². The lowest BCUT2D eigenvalue weighted by Crippen LogP contribution is -2.30. The second kappa shape index (κ2) is 4.32. The van der Waals surface area contributed by atoms with Crippen molar-refractivity contribution in [2.45, 2.75) is 6.04 Å². The molecule has 6 heteroatoms. The Bertz CT molecular complexity index is 250. The number of carboxylic acids is 1.